The van der Waals surface area contributed by atoms with Gasteiger partial charge in [0, 0.05) is 18.5 Å². The Morgan fingerprint density at radius 1 is 1.32 bits per heavy atom. The summed E-state index contributed by atoms with van der Waals surface area (Å²) in [6.45, 7) is 2.24. The predicted octanol–water partition coefficient (Wildman–Crippen LogP) is 1.66. The van der Waals surface area contributed by atoms with Crippen molar-refractivity contribution in [3.05, 3.63) is 34.3 Å². The fraction of sp³-hybridized carbons (Fsp3) is 0.308. The van der Waals surface area contributed by atoms with Gasteiger partial charge < -0.3 is 9.52 Å². The Balaban J connectivity index is 2.37. The summed E-state index contributed by atoms with van der Waals surface area (Å²) in [7, 11) is 0. The molecule has 1 N–H and O–H groups in total. The van der Waals surface area contributed by atoms with Crippen LogP contribution in [0.5, 0.6) is 0 Å². The number of rotatable bonds is 5. The number of oxazole rings is 1. The van der Waals surface area contributed by atoms with Crippen molar-refractivity contribution >= 4 is 22.9 Å². The van der Waals surface area contributed by atoms with Crippen LogP contribution in [-0.4, -0.2) is 21.4 Å². The molecule has 19 heavy (non-hydrogen) atoms. The topological polar surface area (TPSA) is 89.5 Å². The van der Waals surface area contributed by atoms with Crippen molar-refractivity contribution in [2.75, 3.05) is 0 Å². The number of aryl methyl sites for hydroxylation is 1. The van der Waals surface area contributed by atoms with Crippen LogP contribution in [0.25, 0.3) is 11.1 Å². The average molecular weight is 263 g/mol. The summed E-state index contributed by atoms with van der Waals surface area (Å²) in [6.07, 6.45) is -0.266. The molecule has 0 amide bonds. The van der Waals surface area contributed by atoms with Crippen LogP contribution in [0, 0.1) is 0 Å². The molecule has 0 bridgehead atoms. The summed E-state index contributed by atoms with van der Waals surface area (Å²) in [4.78, 5) is 33.8. The lowest BCUT2D eigenvalue weighted by molar-refractivity contribution is -0.136. The molecule has 6 heteroatoms. The van der Waals surface area contributed by atoms with Gasteiger partial charge in [0.15, 0.2) is 11.4 Å². The minimum absolute atomic E-state index is 0.0605. The van der Waals surface area contributed by atoms with Gasteiger partial charge in [0.2, 0.25) is 0 Å². The number of carboxylic acid groups (broad SMARTS) is 1. The fourth-order valence-corrected chi connectivity index (χ4v) is 1.90. The molecule has 2 rings (SSSR count). The zero-order valence-electron chi connectivity index (χ0n) is 10.4. The molecule has 6 nitrogen and oxygen atoms in total. The Labute approximate surface area is 108 Å². The molecule has 0 saturated carbocycles. The number of carboxylic acids is 1. The standard InChI is InChI=1S/C13H13NO5/c1-2-14-9-7-8(10(15)4-6-12(16)17)3-5-11(9)19-13(14)18/h3,5,7H,2,4,6H2,1H3,(H,16,17). The van der Waals surface area contributed by atoms with E-state index in [0.717, 1.165) is 0 Å². The van der Waals surface area contributed by atoms with E-state index >= 15 is 0 Å². The van der Waals surface area contributed by atoms with Gasteiger partial charge in [-0.05, 0) is 25.1 Å². The lowest BCUT2D eigenvalue weighted by atomic mass is 10.1. The summed E-state index contributed by atoms with van der Waals surface area (Å²) < 4.78 is 6.44. The number of benzene rings is 1. The van der Waals surface area contributed by atoms with Gasteiger partial charge in [-0.25, -0.2) is 4.79 Å². The van der Waals surface area contributed by atoms with Crippen molar-refractivity contribution in [1.29, 1.82) is 0 Å². The van der Waals surface area contributed by atoms with Gasteiger partial charge in [-0.2, -0.15) is 0 Å². The number of carbonyl (C=O) groups is 2. The first-order valence-electron chi connectivity index (χ1n) is 5.91. The number of aromatic nitrogens is 1. The highest BCUT2D eigenvalue weighted by atomic mass is 16.4. The molecule has 0 fully saturated rings. The number of aliphatic carboxylic acids is 1. The monoisotopic (exact) mass is 263 g/mol. The average Bonchev–Trinajstić information content (AvgIpc) is 2.70. The second-order valence-corrected chi connectivity index (χ2v) is 4.11. The minimum Gasteiger partial charge on any atom is -0.481 e. The zero-order valence-corrected chi connectivity index (χ0v) is 10.4. The highest BCUT2D eigenvalue weighted by molar-refractivity contribution is 5.99. The molecule has 1 aromatic heterocycles. The van der Waals surface area contributed by atoms with Gasteiger partial charge in [0.25, 0.3) is 0 Å². The number of hydrogen-bond acceptors (Lipinski definition) is 4. The van der Waals surface area contributed by atoms with E-state index in [4.69, 9.17) is 9.52 Å². The molecule has 100 valence electrons. The van der Waals surface area contributed by atoms with E-state index in [1.165, 1.54) is 10.6 Å². The number of ketones is 1. The third kappa shape index (κ3) is 2.57. The van der Waals surface area contributed by atoms with Crippen molar-refractivity contribution in [2.24, 2.45) is 0 Å². The number of hydrogen-bond donors (Lipinski definition) is 1. The van der Waals surface area contributed by atoms with Crippen LogP contribution < -0.4 is 5.76 Å². The van der Waals surface area contributed by atoms with Crippen LogP contribution in [0.15, 0.2) is 27.4 Å². The molecule has 0 spiro atoms. The maximum Gasteiger partial charge on any atom is 0.419 e. The zero-order chi connectivity index (χ0) is 14.0. The maximum absolute atomic E-state index is 11.8. The largest absolute Gasteiger partial charge is 0.481 e. The Morgan fingerprint density at radius 2 is 2.05 bits per heavy atom. The molecule has 2 aromatic rings. The van der Waals surface area contributed by atoms with Crippen LogP contribution in [0.2, 0.25) is 0 Å². The molecule has 0 unspecified atom stereocenters. The summed E-state index contributed by atoms with van der Waals surface area (Å²) in [5.41, 5.74) is 1.35. The maximum atomic E-state index is 11.8. The first-order valence-corrected chi connectivity index (χ1v) is 5.91. The molecule has 0 radical (unpaired) electrons. The van der Waals surface area contributed by atoms with Crippen LogP contribution in [0.1, 0.15) is 30.1 Å². The predicted molar refractivity (Wildman–Crippen MR) is 67.3 cm³/mol. The quantitative estimate of drug-likeness (QED) is 0.828. The Hall–Kier alpha value is -2.37. The number of Topliss-reactive ketones (excluding diaryl/α,β-unsaturated/α-hetero) is 1. The second-order valence-electron chi connectivity index (χ2n) is 4.11. The number of carbonyl (C=O) groups excluding carboxylic acids is 1. The summed E-state index contributed by atoms with van der Waals surface area (Å²) >= 11 is 0. The smallest absolute Gasteiger partial charge is 0.419 e. The third-order valence-electron chi connectivity index (χ3n) is 2.87. The Kier molecular flexibility index (Phi) is 3.50. The van der Waals surface area contributed by atoms with Gasteiger partial charge in [-0.15, -0.1) is 0 Å². The fourth-order valence-electron chi connectivity index (χ4n) is 1.90. The number of fused-ring (bicyclic) bond motifs is 1. The normalized spacial score (nSPS) is 10.8. The van der Waals surface area contributed by atoms with Gasteiger partial charge in [-0.1, -0.05) is 0 Å². The van der Waals surface area contributed by atoms with Crippen molar-refractivity contribution < 1.29 is 19.1 Å². The van der Waals surface area contributed by atoms with E-state index in [-0.39, 0.29) is 18.6 Å². The van der Waals surface area contributed by atoms with E-state index < -0.39 is 11.7 Å². The molecule has 0 aliphatic heterocycles. The van der Waals surface area contributed by atoms with Gasteiger partial charge in [0.05, 0.1) is 11.9 Å². The molecular weight excluding hydrogens is 250 g/mol. The number of nitrogens with zero attached hydrogens (tertiary/aromatic N) is 1. The van der Waals surface area contributed by atoms with Crippen LogP contribution in [-0.2, 0) is 11.3 Å². The van der Waals surface area contributed by atoms with E-state index in [1.54, 1.807) is 19.1 Å². The lowest BCUT2D eigenvalue weighted by Gasteiger charge is -2.01. The van der Waals surface area contributed by atoms with Gasteiger partial charge in [-0.3, -0.25) is 14.2 Å². The highest BCUT2D eigenvalue weighted by Crippen LogP contribution is 2.16. The molecule has 1 aromatic carbocycles. The molecule has 0 saturated heterocycles. The summed E-state index contributed by atoms with van der Waals surface area (Å²) in [6, 6.07) is 4.65. The third-order valence-corrected chi connectivity index (χ3v) is 2.87. The van der Waals surface area contributed by atoms with Crippen LogP contribution in [0.3, 0.4) is 0 Å². The second kappa shape index (κ2) is 5.09. The Morgan fingerprint density at radius 3 is 2.68 bits per heavy atom. The van der Waals surface area contributed by atoms with Crippen molar-refractivity contribution in [3.63, 3.8) is 0 Å². The Bertz CT molecular complexity index is 695. The first kappa shape index (κ1) is 13.1. The minimum atomic E-state index is -1.01. The van der Waals surface area contributed by atoms with E-state index in [0.29, 0.717) is 23.2 Å². The van der Waals surface area contributed by atoms with Crippen molar-refractivity contribution in [2.45, 2.75) is 26.3 Å². The SMILES string of the molecule is CCn1c(=O)oc2ccc(C(=O)CCC(=O)O)cc21. The van der Waals surface area contributed by atoms with Gasteiger partial charge in [0.1, 0.15) is 0 Å². The van der Waals surface area contributed by atoms with E-state index in [9.17, 15) is 14.4 Å². The molecule has 0 atom stereocenters. The molecule has 1 heterocycles. The molecular formula is C13H13NO5. The summed E-state index contributed by atoms with van der Waals surface area (Å²) in [5, 5.41) is 8.55. The molecule has 0 aliphatic rings. The molecule has 0 aliphatic carbocycles. The van der Waals surface area contributed by atoms with E-state index in [2.05, 4.69) is 0 Å². The van der Waals surface area contributed by atoms with Crippen LogP contribution >= 0.6 is 0 Å². The van der Waals surface area contributed by atoms with E-state index in [1.807, 2.05) is 0 Å². The van der Waals surface area contributed by atoms with Crippen molar-refractivity contribution in [3.8, 4) is 0 Å². The summed E-state index contributed by atoms with van der Waals surface area (Å²) in [5.74, 6) is -1.74. The lowest BCUT2D eigenvalue weighted by Crippen LogP contribution is -2.12. The van der Waals surface area contributed by atoms with Gasteiger partial charge >= 0.3 is 11.7 Å². The van der Waals surface area contributed by atoms with Crippen LogP contribution in [0.4, 0.5) is 0 Å². The van der Waals surface area contributed by atoms with Crippen molar-refractivity contribution in [1.82, 2.24) is 4.57 Å². The first-order chi connectivity index (χ1) is 9.02. The highest BCUT2D eigenvalue weighted by Gasteiger charge is 2.13.